The van der Waals surface area contributed by atoms with Crippen LogP contribution >= 0.6 is 23.5 Å². The molecule has 0 aliphatic carbocycles. The van der Waals surface area contributed by atoms with Crippen LogP contribution in [-0.2, 0) is 52.1 Å². The van der Waals surface area contributed by atoms with Gasteiger partial charge < -0.3 is 46.3 Å². The Kier molecular flexibility index (Phi) is 15.4. The molecule has 76 heavy (non-hydrogen) atoms. The van der Waals surface area contributed by atoms with E-state index in [1.807, 2.05) is 71.6 Å². The Morgan fingerprint density at radius 2 is 1.58 bits per heavy atom. The molecule has 4 aliphatic heterocycles. The molecule has 9 rings (SSSR count). The lowest BCUT2D eigenvalue weighted by Crippen LogP contribution is -2.61. The summed E-state index contributed by atoms with van der Waals surface area (Å²) in [7, 11) is -5.93. The summed E-state index contributed by atoms with van der Waals surface area (Å²) in [6.07, 6.45) is 0.730. The zero-order valence-corrected chi connectivity index (χ0v) is 43.0. The fourth-order valence-electron chi connectivity index (χ4n) is 10.5. The molecule has 5 aromatic rings. The van der Waals surface area contributed by atoms with Crippen molar-refractivity contribution < 1.29 is 61.5 Å². The van der Waals surface area contributed by atoms with Crippen LogP contribution < -0.4 is 27.0 Å². The zero-order valence-electron chi connectivity index (χ0n) is 40.5. The maximum Gasteiger partial charge on any atom is 0.399 e. The largest absolute Gasteiger partial charge is 0.399 e. The van der Waals surface area contributed by atoms with Gasteiger partial charge in [-0.05, 0) is 78.6 Å². The van der Waals surface area contributed by atoms with Crippen LogP contribution in [0, 0.1) is 0 Å². The Hall–Kier alpha value is -7.17. The second kappa shape index (κ2) is 21.8. The molecule has 0 bridgehead atoms. The Bertz CT molecular complexity index is 3160. The zero-order chi connectivity index (χ0) is 54.2. The number of nitrogens with zero attached hydrogens (tertiary/aromatic N) is 3. The van der Waals surface area contributed by atoms with Gasteiger partial charge in [0.05, 0.1) is 6.04 Å². The van der Waals surface area contributed by atoms with Gasteiger partial charge in [-0.25, -0.2) is 0 Å². The summed E-state index contributed by atoms with van der Waals surface area (Å²) in [5, 5.41) is 10.9. The molecule has 5 atom stereocenters. The van der Waals surface area contributed by atoms with Crippen LogP contribution in [0.3, 0.4) is 0 Å². The average Bonchev–Trinajstić information content (AvgIpc) is 4.12. The Balaban J connectivity index is 0.985. The molecule has 4 aromatic carbocycles. The topological polar surface area (TPSA) is 294 Å². The standard InChI is InChI=1S/C52H53BrF2N9O11P/c53-36-24-35-31(26-63(50(35)71)41-16-18-44(66)60-48(41)69)21-32(36)25-62-20-19-34-12-15-42(49(70)58-38(14-17-43(56)65)46(67)61-45(28-7-3-1-4-8-28)29-9-5-2-6-10-29)64(34)51(72)40(27-62)59-47(68)39-23-30-22-33(11-13-37(30)57-39)52(54,55)76(73,74)75/h1-11,13,21-24,34,38,40-42,45,57H,12,14-20,25-27H2,(H2,56,65)(H,58,70)(H,59,68)(H,61,67)(H,60,66,69)(H2,73,74,75)/t34-,38+,40+,41?,42+/m1/s1. The number of nitrogens with one attached hydrogen (secondary N) is 5. The molecule has 20 nitrogen and oxygen atoms in total. The molecule has 9 N–H and O–H groups in total. The van der Waals surface area contributed by atoms with E-state index in [4.69, 9.17) is 5.73 Å². The van der Waals surface area contributed by atoms with Gasteiger partial charge in [-0.15, -0.1) is 0 Å². The maximum atomic E-state index is 15.2. The van der Waals surface area contributed by atoms with Crippen molar-refractivity contribution in [3.63, 3.8) is 0 Å². The maximum absolute atomic E-state index is 15.2. The highest BCUT2D eigenvalue weighted by molar-refractivity contribution is 9.10. The van der Waals surface area contributed by atoms with E-state index in [1.165, 1.54) is 15.9 Å². The van der Waals surface area contributed by atoms with Gasteiger partial charge in [-0.1, -0.05) is 88.7 Å². The number of carbonyl (C=O) groups is 8. The number of primary amides is 1. The van der Waals surface area contributed by atoms with Crippen LogP contribution in [-0.4, -0.2) is 120 Å². The molecule has 0 saturated carbocycles. The third-order valence-electron chi connectivity index (χ3n) is 14.4. The highest BCUT2D eigenvalue weighted by Crippen LogP contribution is 2.59. The van der Waals surface area contributed by atoms with Gasteiger partial charge in [-0.2, -0.15) is 8.78 Å². The normalized spacial score (nSPS) is 20.7. The lowest BCUT2D eigenvalue weighted by Gasteiger charge is -2.39. The number of piperidine rings is 1. The fourth-order valence-corrected chi connectivity index (χ4v) is 11.5. The number of halogens is 3. The first-order chi connectivity index (χ1) is 36.2. The molecule has 398 valence electrons. The quantitative estimate of drug-likeness (QED) is 0.0515. The predicted octanol–water partition coefficient (Wildman–Crippen LogP) is 3.94. The number of alkyl halides is 2. The molecule has 1 aromatic heterocycles. The van der Waals surface area contributed by atoms with Crippen LogP contribution in [0.15, 0.2) is 102 Å². The predicted molar refractivity (Wildman–Crippen MR) is 272 cm³/mol. The number of hydrogen-bond acceptors (Lipinski definition) is 10. The number of hydrogen-bond donors (Lipinski definition) is 8. The van der Waals surface area contributed by atoms with E-state index in [-0.39, 0.29) is 74.2 Å². The van der Waals surface area contributed by atoms with Crippen LogP contribution in [0.25, 0.3) is 10.9 Å². The van der Waals surface area contributed by atoms with Crippen molar-refractivity contribution >= 4 is 81.7 Å². The lowest BCUT2D eigenvalue weighted by atomic mass is 9.98. The first-order valence-electron chi connectivity index (χ1n) is 24.5. The van der Waals surface area contributed by atoms with Crippen molar-refractivity contribution in [3.05, 3.63) is 141 Å². The van der Waals surface area contributed by atoms with Gasteiger partial charge in [0, 0.05) is 71.6 Å². The van der Waals surface area contributed by atoms with Gasteiger partial charge in [0.2, 0.25) is 35.4 Å². The fraction of sp³-hybridized carbons (Fsp3) is 0.346. The number of fused-ring (bicyclic) bond motifs is 3. The van der Waals surface area contributed by atoms with E-state index in [2.05, 4.69) is 42.2 Å². The van der Waals surface area contributed by atoms with E-state index in [9.17, 15) is 56.7 Å². The van der Waals surface area contributed by atoms with E-state index in [0.717, 1.165) is 29.3 Å². The molecule has 1 unspecified atom stereocenters. The number of aromatic nitrogens is 1. The Morgan fingerprint density at radius 1 is 0.882 bits per heavy atom. The number of imide groups is 1. The molecule has 24 heteroatoms. The highest BCUT2D eigenvalue weighted by atomic mass is 79.9. The SMILES string of the molecule is NC(=O)CC[C@H](NC(=O)[C@@H]1CC[C@@H]2CCN(Cc3cc4c(cc3Br)C(=O)N(C3CCC(=O)NC3=O)C4)C[C@H](NC(=O)c3cc4cc(C(F)(F)P(=O)(O)O)ccc4[nH]3)C(=O)N21)C(=O)NC(c1ccccc1)c1ccccc1. The van der Waals surface area contributed by atoms with Gasteiger partial charge in [0.1, 0.15) is 29.9 Å². The summed E-state index contributed by atoms with van der Waals surface area (Å²) in [5.74, 6) is -4.84. The lowest BCUT2D eigenvalue weighted by molar-refractivity contribution is -0.144. The van der Waals surface area contributed by atoms with E-state index < -0.39 is 96.4 Å². The first kappa shape index (κ1) is 53.6. The molecule has 5 heterocycles. The van der Waals surface area contributed by atoms with Gasteiger partial charge >= 0.3 is 13.3 Å². The summed E-state index contributed by atoms with van der Waals surface area (Å²) in [5.41, 5.74) is 3.23. The van der Waals surface area contributed by atoms with Gasteiger partial charge in [0.25, 0.3) is 11.8 Å². The second-order valence-electron chi connectivity index (χ2n) is 19.4. The third-order valence-corrected chi connectivity index (χ3v) is 16.1. The van der Waals surface area contributed by atoms with Gasteiger partial charge in [0.15, 0.2) is 0 Å². The molecular weight excluding hydrogens is 1080 g/mol. The first-order valence-corrected chi connectivity index (χ1v) is 26.9. The molecule has 4 aliphatic rings. The molecule has 0 spiro atoms. The second-order valence-corrected chi connectivity index (χ2v) is 21.9. The van der Waals surface area contributed by atoms with Crippen LogP contribution in [0.5, 0.6) is 0 Å². The Labute approximate surface area is 441 Å². The number of nitrogens with two attached hydrogens (primary N) is 1. The monoisotopic (exact) mass is 1130 g/mol. The van der Waals surface area contributed by atoms with Crippen LogP contribution in [0.1, 0.15) is 99.7 Å². The Morgan fingerprint density at radius 3 is 2.24 bits per heavy atom. The summed E-state index contributed by atoms with van der Waals surface area (Å²) in [6, 6.07) is 20.0. The number of carbonyl (C=O) groups excluding carboxylic acids is 8. The van der Waals surface area contributed by atoms with Crippen LogP contribution in [0.4, 0.5) is 8.78 Å². The van der Waals surface area contributed by atoms with Gasteiger partial charge in [-0.3, -0.25) is 53.1 Å². The summed E-state index contributed by atoms with van der Waals surface area (Å²) in [4.78, 5) is 135. The number of benzene rings is 4. The van der Waals surface area contributed by atoms with Crippen molar-refractivity contribution in [3.8, 4) is 0 Å². The smallest absolute Gasteiger partial charge is 0.370 e. The molecular formula is C52H53BrF2N9O11P. The number of amides is 8. The van der Waals surface area contributed by atoms with Crippen LogP contribution in [0.2, 0.25) is 0 Å². The minimum atomic E-state index is -5.93. The number of rotatable bonds is 16. The van der Waals surface area contributed by atoms with E-state index in [1.54, 1.807) is 6.07 Å². The minimum Gasteiger partial charge on any atom is -0.370 e. The van der Waals surface area contributed by atoms with E-state index >= 15 is 4.79 Å². The van der Waals surface area contributed by atoms with Crippen molar-refractivity contribution in [2.24, 2.45) is 5.73 Å². The van der Waals surface area contributed by atoms with Crippen molar-refractivity contribution in [2.45, 2.75) is 99.9 Å². The van der Waals surface area contributed by atoms with Crippen molar-refractivity contribution in [1.29, 1.82) is 0 Å². The number of H-pyrrole nitrogens is 1. The summed E-state index contributed by atoms with van der Waals surface area (Å²) < 4.78 is 41.7. The third kappa shape index (κ3) is 11.2. The minimum absolute atomic E-state index is 0.0163. The molecule has 3 fully saturated rings. The molecule has 0 radical (unpaired) electrons. The highest BCUT2D eigenvalue weighted by Gasteiger charge is 2.51. The van der Waals surface area contributed by atoms with Crippen molar-refractivity contribution in [2.75, 3.05) is 13.1 Å². The summed E-state index contributed by atoms with van der Waals surface area (Å²) >= 11 is 3.61. The molecule has 8 amide bonds. The average molecular weight is 1130 g/mol. The summed E-state index contributed by atoms with van der Waals surface area (Å²) in [6.45, 7) is 0.485. The number of aromatic amines is 1. The molecule has 3 saturated heterocycles. The van der Waals surface area contributed by atoms with E-state index in [0.29, 0.717) is 40.5 Å². The van der Waals surface area contributed by atoms with Crippen molar-refractivity contribution in [1.82, 2.24) is 41.0 Å².